The van der Waals surface area contributed by atoms with Crippen molar-refractivity contribution in [1.29, 1.82) is 0 Å². The number of aliphatic carboxylic acids is 1. The van der Waals surface area contributed by atoms with Crippen molar-refractivity contribution < 1.29 is 23.7 Å². The van der Waals surface area contributed by atoms with Gasteiger partial charge in [0.05, 0.1) is 13.0 Å². The third kappa shape index (κ3) is 5.28. The molecule has 0 bridgehead atoms. The van der Waals surface area contributed by atoms with Gasteiger partial charge in [-0.15, -0.1) is 10.8 Å². The number of fused-ring (bicyclic) bond motifs is 1. The molecule has 4 rings (SSSR count). The number of para-hydroxylation sites is 1. The molecule has 0 radical (unpaired) electrons. The highest BCUT2D eigenvalue weighted by atomic mass is 32.3. The van der Waals surface area contributed by atoms with Gasteiger partial charge in [0.1, 0.15) is 16.7 Å². The maximum atomic E-state index is 12.2. The van der Waals surface area contributed by atoms with Crippen LogP contribution in [0.5, 0.6) is 5.75 Å². The van der Waals surface area contributed by atoms with Gasteiger partial charge in [0, 0.05) is 31.8 Å². The Kier molecular flexibility index (Phi) is 7.05. The number of pyridine rings is 1. The molecule has 0 amide bonds. The Labute approximate surface area is 205 Å². The Hall–Kier alpha value is -3.11. The van der Waals surface area contributed by atoms with E-state index < -0.39 is 22.7 Å². The molecule has 1 aromatic heterocycles. The van der Waals surface area contributed by atoms with E-state index in [-0.39, 0.29) is 24.6 Å². The summed E-state index contributed by atoms with van der Waals surface area (Å²) < 4.78 is 31.5. The van der Waals surface area contributed by atoms with E-state index in [2.05, 4.69) is 0 Å². The summed E-state index contributed by atoms with van der Waals surface area (Å²) in [6.45, 7) is 4.35. The average molecular weight is 499 g/mol. The van der Waals surface area contributed by atoms with Gasteiger partial charge in [-0.3, -0.25) is 18.7 Å². The molecule has 3 aromatic rings. The van der Waals surface area contributed by atoms with Gasteiger partial charge in [0.2, 0.25) is 0 Å². The summed E-state index contributed by atoms with van der Waals surface area (Å²) in [5.74, 6) is -1.03. The van der Waals surface area contributed by atoms with Crippen molar-refractivity contribution in [2.75, 3.05) is 6.54 Å². The van der Waals surface area contributed by atoms with Crippen LogP contribution in [-0.2, 0) is 18.4 Å². The molecular formula is C26H30N2O6S. The minimum Gasteiger partial charge on any atom is -0.487 e. The van der Waals surface area contributed by atoms with Gasteiger partial charge in [0.15, 0.2) is 0 Å². The molecule has 9 heteroatoms. The van der Waals surface area contributed by atoms with E-state index >= 15 is 0 Å². The highest BCUT2D eigenvalue weighted by Gasteiger charge is 2.34. The zero-order chi connectivity index (χ0) is 25.3. The summed E-state index contributed by atoms with van der Waals surface area (Å²) in [7, 11) is -1.67. The minimum absolute atomic E-state index is 0.174. The summed E-state index contributed by atoms with van der Waals surface area (Å²) >= 11 is 0. The standard InChI is InChI=1S/C26H30N2O6S/c1-17-8-9-19(22(14-26(30)31)20-10-11-27(3)25(29)13-20)12-21(17)16-28-15-18(2)34-23-6-4-5-7-24(23)35(28,32)33/h4-13,18,22,32-33H,14-16H2,1-3H3,(H,30,31). The number of aryl methyl sites for hydroxylation is 2. The van der Waals surface area contributed by atoms with Crippen LogP contribution in [0.4, 0.5) is 0 Å². The van der Waals surface area contributed by atoms with E-state index in [0.717, 1.165) is 16.7 Å². The number of carboxylic acid groups (broad SMARTS) is 1. The second-order valence-electron chi connectivity index (χ2n) is 8.96. The lowest BCUT2D eigenvalue weighted by molar-refractivity contribution is -0.137. The largest absolute Gasteiger partial charge is 0.487 e. The summed E-state index contributed by atoms with van der Waals surface area (Å²) in [6, 6.07) is 15.8. The molecule has 1 aliphatic heterocycles. The number of carboxylic acids is 1. The van der Waals surface area contributed by atoms with E-state index in [1.54, 1.807) is 47.9 Å². The van der Waals surface area contributed by atoms with Crippen LogP contribution in [0.1, 0.15) is 41.5 Å². The van der Waals surface area contributed by atoms with Crippen molar-refractivity contribution in [3.8, 4) is 5.75 Å². The number of hydrogen-bond donors (Lipinski definition) is 3. The normalized spacial score (nSPS) is 19.2. The molecule has 0 saturated heterocycles. The molecule has 2 unspecified atom stereocenters. The predicted octanol–water partition coefficient (Wildman–Crippen LogP) is 4.61. The molecule has 2 aromatic carbocycles. The fraction of sp³-hybridized carbons (Fsp3) is 0.308. The third-order valence-corrected chi connectivity index (χ3v) is 8.25. The van der Waals surface area contributed by atoms with Crippen molar-refractivity contribution in [2.24, 2.45) is 7.05 Å². The van der Waals surface area contributed by atoms with Crippen LogP contribution in [0.15, 0.2) is 70.5 Å². The van der Waals surface area contributed by atoms with Crippen molar-refractivity contribution in [3.05, 3.63) is 93.4 Å². The molecule has 3 N–H and O–H groups in total. The van der Waals surface area contributed by atoms with Gasteiger partial charge < -0.3 is 14.4 Å². The van der Waals surface area contributed by atoms with E-state index in [1.165, 1.54) is 10.6 Å². The maximum absolute atomic E-state index is 12.2. The van der Waals surface area contributed by atoms with Gasteiger partial charge in [-0.05, 0) is 54.3 Å². The van der Waals surface area contributed by atoms with E-state index in [1.807, 2.05) is 32.0 Å². The Morgan fingerprint density at radius 1 is 1.14 bits per heavy atom. The molecule has 35 heavy (non-hydrogen) atoms. The number of ether oxygens (including phenoxy) is 1. The van der Waals surface area contributed by atoms with Crippen LogP contribution < -0.4 is 10.3 Å². The lowest BCUT2D eigenvalue weighted by Crippen LogP contribution is -2.33. The monoisotopic (exact) mass is 498 g/mol. The Morgan fingerprint density at radius 2 is 1.86 bits per heavy atom. The smallest absolute Gasteiger partial charge is 0.304 e. The number of aromatic nitrogens is 1. The summed E-state index contributed by atoms with van der Waals surface area (Å²) in [5, 5.41) is 9.57. The van der Waals surface area contributed by atoms with Gasteiger partial charge in [0.25, 0.3) is 5.56 Å². The van der Waals surface area contributed by atoms with Crippen LogP contribution in [0.2, 0.25) is 0 Å². The fourth-order valence-corrected chi connectivity index (χ4v) is 6.03. The van der Waals surface area contributed by atoms with Gasteiger partial charge in [-0.25, -0.2) is 0 Å². The number of hydrogen-bond acceptors (Lipinski definition) is 6. The Balaban J connectivity index is 1.72. The molecule has 2 atom stereocenters. The summed E-state index contributed by atoms with van der Waals surface area (Å²) in [5.41, 5.74) is 2.94. The zero-order valence-electron chi connectivity index (χ0n) is 19.9. The number of nitrogens with zero attached hydrogens (tertiary/aromatic N) is 2. The van der Waals surface area contributed by atoms with Crippen molar-refractivity contribution >= 4 is 16.7 Å². The van der Waals surface area contributed by atoms with Crippen LogP contribution in [-0.4, -0.2) is 41.7 Å². The van der Waals surface area contributed by atoms with Gasteiger partial charge >= 0.3 is 5.97 Å². The quantitative estimate of drug-likeness (QED) is 0.455. The first kappa shape index (κ1) is 25.0. The van der Waals surface area contributed by atoms with Crippen LogP contribution >= 0.6 is 10.8 Å². The van der Waals surface area contributed by atoms with Crippen molar-refractivity contribution in [3.63, 3.8) is 0 Å². The molecule has 186 valence electrons. The number of rotatable bonds is 6. The molecule has 1 aliphatic rings. The lowest BCUT2D eigenvalue weighted by atomic mass is 9.87. The first-order chi connectivity index (χ1) is 16.6. The first-order valence-corrected chi connectivity index (χ1v) is 12.8. The van der Waals surface area contributed by atoms with E-state index in [0.29, 0.717) is 22.8 Å². The first-order valence-electron chi connectivity index (χ1n) is 11.3. The van der Waals surface area contributed by atoms with Gasteiger partial charge in [-0.2, -0.15) is 4.31 Å². The van der Waals surface area contributed by atoms with Crippen LogP contribution in [0, 0.1) is 6.92 Å². The van der Waals surface area contributed by atoms with E-state index in [4.69, 9.17) is 4.74 Å². The molecular weight excluding hydrogens is 468 g/mol. The third-order valence-electron chi connectivity index (χ3n) is 6.32. The van der Waals surface area contributed by atoms with Crippen LogP contribution in [0.3, 0.4) is 0 Å². The SMILES string of the molecule is Cc1ccc(C(CC(=O)O)c2ccn(C)c(=O)c2)cc1CN1CC(C)Oc2ccccc2S1(O)O. The molecule has 8 nitrogen and oxygen atoms in total. The summed E-state index contributed by atoms with van der Waals surface area (Å²) in [4.78, 5) is 24.3. The van der Waals surface area contributed by atoms with E-state index in [9.17, 15) is 23.8 Å². The molecule has 0 aliphatic carbocycles. The Bertz CT molecular complexity index is 1300. The second-order valence-corrected chi connectivity index (χ2v) is 11.0. The number of benzene rings is 2. The molecule has 0 saturated carbocycles. The Morgan fingerprint density at radius 3 is 2.57 bits per heavy atom. The molecule has 0 spiro atoms. The highest BCUT2D eigenvalue weighted by molar-refractivity contribution is 8.22. The van der Waals surface area contributed by atoms with Gasteiger partial charge in [-0.1, -0.05) is 30.3 Å². The van der Waals surface area contributed by atoms with Crippen LogP contribution in [0.25, 0.3) is 0 Å². The lowest BCUT2D eigenvalue weighted by Gasteiger charge is -2.42. The average Bonchev–Trinajstić information content (AvgIpc) is 2.89. The zero-order valence-corrected chi connectivity index (χ0v) is 20.7. The minimum atomic E-state index is -3.31. The topological polar surface area (TPSA) is 112 Å². The highest BCUT2D eigenvalue weighted by Crippen LogP contribution is 2.57. The molecule has 2 heterocycles. The van der Waals surface area contributed by atoms with Crippen molar-refractivity contribution in [2.45, 2.75) is 43.7 Å². The predicted molar refractivity (Wildman–Crippen MR) is 135 cm³/mol. The van der Waals surface area contributed by atoms with Crippen molar-refractivity contribution in [1.82, 2.24) is 8.87 Å². The fourth-order valence-electron chi connectivity index (χ4n) is 4.36. The molecule has 0 fully saturated rings. The second kappa shape index (κ2) is 9.87. The number of carbonyl (C=O) groups is 1. The summed E-state index contributed by atoms with van der Waals surface area (Å²) in [6.07, 6.45) is 1.19. The maximum Gasteiger partial charge on any atom is 0.304 e.